The van der Waals surface area contributed by atoms with Gasteiger partial charge in [-0.05, 0) is 18.3 Å². The molecule has 1 aliphatic heterocycles. The van der Waals surface area contributed by atoms with Gasteiger partial charge in [0.2, 0.25) is 0 Å². The highest BCUT2D eigenvalue weighted by atomic mass is 16.5. The van der Waals surface area contributed by atoms with Gasteiger partial charge in [0.15, 0.2) is 5.75 Å². The topological polar surface area (TPSA) is 37.9 Å². The van der Waals surface area contributed by atoms with Crippen LogP contribution in [0.3, 0.4) is 0 Å². The standard InChI is InChI=1S/C10H16N2O/c1-10(2,3)9-5-4-7-8(13-9)6-11-12-7/h6,9H,4-5H2,1-3H3,(H,11,12). The second kappa shape index (κ2) is 2.76. The Hall–Kier alpha value is -0.990. The van der Waals surface area contributed by atoms with E-state index in [2.05, 4.69) is 31.0 Å². The molecule has 1 atom stereocenters. The monoisotopic (exact) mass is 180 g/mol. The maximum absolute atomic E-state index is 5.84. The lowest BCUT2D eigenvalue weighted by Crippen LogP contribution is -2.34. The number of aromatic amines is 1. The van der Waals surface area contributed by atoms with E-state index in [1.165, 1.54) is 0 Å². The number of nitrogens with zero attached hydrogens (tertiary/aromatic N) is 1. The summed E-state index contributed by atoms with van der Waals surface area (Å²) in [5.74, 6) is 0.936. The molecule has 0 spiro atoms. The molecule has 3 heteroatoms. The number of aryl methyl sites for hydroxylation is 1. The van der Waals surface area contributed by atoms with Gasteiger partial charge >= 0.3 is 0 Å². The minimum absolute atomic E-state index is 0.217. The number of H-pyrrole nitrogens is 1. The summed E-state index contributed by atoms with van der Waals surface area (Å²) in [6.07, 6.45) is 4.26. The van der Waals surface area contributed by atoms with Gasteiger partial charge in [0, 0.05) is 0 Å². The van der Waals surface area contributed by atoms with Crippen molar-refractivity contribution in [2.75, 3.05) is 0 Å². The fourth-order valence-corrected chi connectivity index (χ4v) is 1.68. The van der Waals surface area contributed by atoms with Crippen LogP contribution in [0, 0.1) is 5.41 Å². The Morgan fingerprint density at radius 1 is 1.54 bits per heavy atom. The highest BCUT2D eigenvalue weighted by Gasteiger charge is 2.31. The fourth-order valence-electron chi connectivity index (χ4n) is 1.68. The number of ether oxygens (including phenoxy) is 1. The van der Waals surface area contributed by atoms with E-state index in [0.717, 1.165) is 24.3 Å². The summed E-state index contributed by atoms with van der Waals surface area (Å²) in [6, 6.07) is 0. The van der Waals surface area contributed by atoms with E-state index < -0.39 is 0 Å². The first-order valence-corrected chi connectivity index (χ1v) is 4.76. The van der Waals surface area contributed by atoms with Crippen LogP contribution in [0.4, 0.5) is 0 Å². The Labute approximate surface area is 78.5 Å². The maximum Gasteiger partial charge on any atom is 0.160 e. The first kappa shape index (κ1) is 8.60. The predicted molar refractivity (Wildman–Crippen MR) is 50.8 cm³/mol. The summed E-state index contributed by atoms with van der Waals surface area (Å²) >= 11 is 0. The third-order valence-electron chi connectivity index (χ3n) is 2.56. The van der Waals surface area contributed by atoms with Crippen molar-refractivity contribution in [3.8, 4) is 5.75 Å². The summed E-state index contributed by atoms with van der Waals surface area (Å²) in [5, 5.41) is 6.96. The van der Waals surface area contributed by atoms with E-state index in [1.54, 1.807) is 0 Å². The molecule has 2 heterocycles. The molecule has 0 amide bonds. The van der Waals surface area contributed by atoms with E-state index in [1.807, 2.05) is 6.20 Å². The summed E-state index contributed by atoms with van der Waals surface area (Å²) in [6.45, 7) is 6.63. The van der Waals surface area contributed by atoms with Crippen molar-refractivity contribution in [3.63, 3.8) is 0 Å². The van der Waals surface area contributed by atoms with E-state index >= 15 is 0 Å². The molecule has 72 valence electrons. The van der Waals surface area contributed by atoms with Crippen LogP contribution in [0.2, 0.25) is 0 Å². The van der Waals surface area contributed by atoms with Crippen LogP contribution < -0.4 is 4.74 Å². The Balaban J connectivity index is 2.18. The van der Waals surface area contributed by atoms with Gasteiger partial charge in [0.25, 0.3) is 0 Å². The van der Waals surface area contributed by atoms with Crippen molar-refractivity contribution in [3.05, 3.63) is 11.9 Å². The fraction of sp³-hybridized carbons (Fsp3) is 0.700. The Morgan fingerprint density at radius 3 is 3.00 bits per heavy atom. The molecule has 0 aromatic carbocycles. The molecule has 1 unspecified atom stereocenters. The number of hydrogen-bond donors (Lipinski definition) is 1. The van der Waals surface area contributed by atoms with Crippen molar-refractivity contribution in [1.82, 2.24) is 10.2 Å². The highest BCUT2D eigenvalue weighted by molar-refractivity contribution is 5.26. The van der Waals surface area contributed by atoms with Crippen LogP contribution in [-0.2, 0) is 6.42 Å². The SMILES string of the molecule is CC(C)(C)C1CCc2n[nH]cc2O1. The number of nitrogens with one attached hydrogen (secondary N) is 1. The minimum atomic E-state index is 0.217. The molecule has 3 nitrogen and oxygen atoms in total. The number of rotatable bonds is 0. The molecule has 13 heavy (non-hydrogen) atoms. The lowest BCUT2D eigenvalue weighted by molar-refractivity contribution is 0.0672. The van der Waals surface area contributed by atoms with Crippen molar-refractivity contribution < 1.29 is 4.74 Å². The van der Waals surface area contributed by atoms with Gasteiger partial charge in [-0.2, -0.15) is 5.10 Å². The van der Waals surface area contributed by atoms with Gasteiger partial charge < -0.3 is 4.74 Å². The molecule has 1 aromatic heterocycles. The zero-order valence-electron chi connectivity index (χ0n) is 8.42. The lowest BCUT2D eigenvalue weighted by atomic mass is 9.85. The van der Waals surface area contributed by atoms with Crippen molar-refractivity contribution in [2.24, 2.45) is 5.41 Å². The molecule has 1 aliphatic rings. The summed E-state index contributed by atoms with van der Waals surface area (Å²) in [5.41, 5.74) is 1.29. The van der Waals surface area contributed by atoms with Gasteiger partial charge in [-0.15, -0.1) is 0 Å². The van der Waals surface area contributed by atoms with Crippen LogP contribution in [0.15, 0.2) is 6.20 Å². The van der Waals surface area contributed by atoms with Crippen LogP contribution in [0.5, 0.6) is 5.75 Å². The van der Waals surface area contributed by atoms with E-state index in [4.69, 9.17) is 4.74 Å². The predicted octanol–water partition coefficient (Wildman–Crippen LogP) is 2.15. The highest BCUT2D eigenvalue weighted by Crippen LogP contribution is 2.33. The van der Waals surface area contributed by atoms with E-state index in [9.17, 15) is 0 Å². The molecule has 0 saturated carbocycles. The average molecular weight is 180 g/mol. The molecule has 2 rings (SSSR count). The normalized spacial score (nSPS) is 22.2. The summed E-state index contributed by atoms with van der Waals surface area (Å²) in [7, 11) is 0. The number of hydrogen-bond acceptors (Lipinski definition) is 2. The second-order valence-corrected chi connectivity index (χ2v) is 4.71. The van der Waals surface area contributed by atoms with Crippen LogP contribution in [0.1, 0.15) is 32.9 Å². The molecule has 0 aliphatic carbocycles. The molecular formula is C10H16N2O. The smallest absolute Gasteiger partial charge is 0.160 e. The first-order chi connectivity index (χ1) is 6.07. The quantitative estimate of drug-likeness (QED) is 0.664. The van der Waals surface area contributed by atoms with Crippen LogP contribution >= 0.6 is 0 Å². The Bertz CT molecular complexity index is 298. The van der Waals surface area contributed by atoms with Gasteiger partial charge in [-0.25, -0.2) is 0 Å². The summed E-state index contributed by atoms with van der Waals surface area (Å²) in [4.78, 5) is 0. The molecule has 0 bridgehead atoms. The minimum Gasteiger partial charge on any atom is -0.486 e. The zero-order chi connectivity index (χ0) is 9.47. The Kier molecular flexibility index (Phi) is 1.82. The van der Waals surface area contributed by atoms with Crippen molar-refractivity contribution in [1.29, 1.82) is 0 Å². The average Bonchev–Trinajstić information content (AvgIpc) is 2.47. The molecule has 0 radical (unpaired) electrons. The number of fused-ring (bicyclic) bond motifs is 1. The Morgan fingerprint density at radius 2 is 2.31 bits per heavy atom. The molecule has 1 aromatic rings. The van der Waals surface area contributed by atoms with E-state index in [0.29, 0.717) is 6.10 Å². The van der Waals surface area contributed by atoms with Crippen LogP contribution in [0.25, 0.3) is 0 Å². The molecule has 0 fully saturated rings. The number of aromatic nitrogens is 2. The third kappa shape index (κ3) is 1.55. The van der Waals surface area contributed by atoms with Gasteiger partial charge in [-0.1, -0.05) is 20.8 Å². The van der Waals surface area contributed by atoms with Crippen molar-refractivity contribution >= 4 is 0 Å². The van der Waals surface area contributed by atoms with Crippen LogP contribution in [-0.4, -0.2) is 16.3 Å². The first-order valence-electron chi connectivity index (χ1n) is 4.76. The lowest BCUT2D eigenvalue weighted by Gasteiger charge is -2.33. The van der Waals surface area contributed by atoms with Gasteiger partial charge in [0.1, 0.15) is 11.8 Å². The zero-order valence-corrected chi connectivity index (χ0v) is 8.42. The summed E-state index contributed by atoms with van der Waals surface area (Å²) < 4.78 is 5.84. The maximum atomic E-state index is 5.84. The molecule has 0 saturated heterocycles. The molecule has 1 N–H and O–H groups in total. The largest absolute Gasteiger partial charge is 0.486 e. The van der Waals surface area contributed by atoms with E-state index in [-0.39, 0.29) is 5.41 Å². The second-order valence-electron chi connectivity index (χ2n) is 4.71. The van der Waals surface area contributed by atoms with Gasteiger partial charge in [-0.3, -0.25) is 5.10 Å². The van der Waals surface area contributed by atoms with Gasteiger partial charge in [0.05, 0.1) is 6.20 Å². The third-order valence-corrected chi connectivity index (χ3v) is 2.56. The molecular weight excluding hydrogens is 164 g/mol. The van der Waals surface area contributed by atoms with Crippen molar-refractivity contribution in [2.45, 2.75) is 39.7 Å².